The number of hydrogen-bond acceptors (Lipinski definition) is 3. The molecule has 2 saturated carbocycles. The van der Waals surface area contributed by atoms with Crippen molar-refractivity contribution < 1.29 is 8.42 Å². The fourth-order valence-corrected chi connectivity index (χ4v) is 3.80. The second-order valence-corrected chi connectivity index (χ2v) is 8.13. The van der Waals surface area contributed by atoms with Gasteiger partial charge in [0.05, 0.1) is 0 Å². The van der Waals surface area contributed by atoms with Gasteiger partial charge in [-0.1, -0.05) is 25.7 Å². The van der Waals surface area contributed by atoms with Crippen molar-refractivity contribution in [2.75, 3.05) is 26.7 Å². The van der Waals surface area contributed by atoms with Crippen LogP contribution in [0.3, 0.4) is 0 Å². The first-order valence-electron chi connectivity index (χ1n) is 8.02. The Hall–Kier alpha value is -0.170. The number of nitrogens with one attached hydrogen (secondary N) is 2. The van der Waals surface area contributed by atoms with Crippen molar-refractivity contribution in [3.8, 4) is 0 Å². The van der Waals surface area contributed by atoms with Crippen LogP contribution in [-0.2, 0) is 10.2 Å². The van der Waals surface area contributed by atoms with Gasteiger partial charge in [0.15, 0.2) is 0 Å². The number of hydrogen-bond donors (Lipinski definition) is 2. The molecule has 0 spiro atoms. The van der Waals surface area contributed by atoms with Crippen LogP contribution < -0.4 is 10.0 Å². The second kappa shape index (κ2) is 7.73. The van der Waals surface area contributed by atoms with Crippen molar-refractivity contribution in [2.45, 2.75) is 57.4 Å². The first-order chi connectivity index (χ1) is 9.58. The van der Waals surface area contributed by atoms with Gasteiger partial charge in [-0.25, -0.2) is 4.72 Å². The maximum absolute atomic E-state index is 12.0. The summed E-state index contributed by atoms with van der Waals surface area (Å²) >= 11 is 0. The highest BCUT2D eigenvalue weighted by Crippen LogP contribution is 2.29. The molecule has 0 heterocycles. The molecule has 0 aromatic carbocycles. The predicted molar refractivity (Wildman–Crippen MR) is 81.8 cm³/mol. The molecule has 0 unspecified atom stereocenters. The van der Waals surface area contributed by atoms with E-state index in [1.165, 1.54) is 55.7 Å². The molecule has 0 aromatic rings. The Morgan fingerprint density at radius 2 is 1.65 bits per heavy atom. The van der Waals surface area contributed by atoms with Crippen molar-refractivity contribution >= 4 is 10.2 Å². The molecule has 2 aliphatic rings. The molecule has 0 aromatic heterocycles. The van der Waals surface area contributed by atoms with Crippen molar-refractivity contribution in [3.63, 3.8) is 0 Å². The molecule has 2 fully saturated rings. The average molecular weight is 303 g/mol. The van der Waals surface area contributed by atoms with Gasteiger partial charge in [0.25, 0.3) is 10.2 Å². The molecule has 118 valence electrons. The SMILES string of the molecule is CN(CC1CC1)S(=O)(=O)NCCNC1CCCCCC1. The minimum Gasteiger partial charge on any atom is -0.313 e. The highest BCUT2D eigenvalue weighted by molar-refractivity contribution is 7.87. The zero-order valence-electron chi connectivity index (χ0n) is 12.6. The Labute approximate surface area is 123 Å². The molecule has 0 amide bonds. The maximum Gasteiger partial charge on any atom is 0.279 e. The fraction of sp³-hybridized carbons (Fsp3) is 1.00. The fourth-order valence-electron chi connectivity index (χ4n) is 2.81. The lowest BCUT2D eigenvalue weighted by Gasteiger charge is -2.19. The summed E-state index contributed by atoms with van der Waals surface area (Å²) in [4.78, 5) is 0. The van der Waals surface area contributed by atoms with Crippen LogP contribution in [0.2, 0.25) is 0 Å². The van der Waals surface area contributed by atoms with Crippen LogP contribution in [-0.4, -0.2) is 45.4 Å². The second-order valence-electron chi connectivity index (χ2n) is 6.27. The Morgan fingerprint density at radius 1 is 1.00 bits per heavy atom. The highest BCUT2D eigenvalue weighted by atomic mass is 32.2. The average Bonchev–Trinajstić information content (AvgIpc) is 3.21. The van der Waals surface area contributed by atoms with Gasteiger partial charge in [-0.3, -0.25) is 0 Å². The van der Waals surface area contributed by atoms with Gasteiger partial charge < -0.3 is 5.32 Å². The molecule has 6 heteroatoms. The van der Waals surface area contributed by atoms with Crippen LogP contribution in [0, 0.1) is 5.92 Å². The zero-order chi connectivity index (χ0) is 14.4. The summed E-state index contributed by atoms with van der Waals surface area (Å²) in [6.45, 7) is 1.86. The molecule has 2 aliphatic carbocycles. The molecular formula is C14H29N3O2S. The first-order valence-corrected chi connectivity index (χ1v) is 9.46. The standard InChI is InChI=1S/C14H29N3O2S/c1-17(12-13-8-9-13)20(18,19)16-11-10-15-14-6-4-2-3-5-7-14/h13-16H,2-12H2,1H3. The van der Waals surface area contributed by atoms with Gasteiger partial charge in [-0.05, 0) is 31.6 Å². The van der Waals surface area contributed by atoms with Gasteiger partial charge in [0, 0.05) is 32.7 Å². The van der Waals surface area contributed by atoms with Crippen LogP contribution in [0.4, 0.5) is 0 Å². The van der Waals surface area contributed by atoms with E-state index in [9.17, 15) is 8.42 Å². The first kappa shape index (κ1) is 16.2. The Bertz CT molecular complexity index is 374. The molecule has 0 saturated heterocycles. The van der Waals surface area contributed by atoms with E-state index >= 15 is 0 Å². The largest absolute Gasteiger partial charge is 0.313 e. The monoisotopic (exact) mass is 303 g/mol. The number of rotatable bonds is 8. The zero-order valence-corrected chi connectivity index (χ0v) is 13.4. The lowest BCUT2D eigenvalue weighted by atomic mass is 10.1. The van der Waals surface area contributed by atoms with Gasteiger partial charge in [-0.2, -0.15) is 12.7 Å². The molecule has 0 atom stereocenters. The minimum atomic E-state index is -3.28. The summed E-state index contributed by atoms with van der Waals surface area (Å²) in [6, 6.07) is 0.575. The summed E-state index contributed by atoms with van der Waals surface area (Å²) in [5, 5.41) is 3.48. The van der Waals surface area contributed by atoms with Gasteiger partial charge in [0.1, 0.15) is 0 Å². The smallest absolute Gasteiger partial charge is 0.279 e. The maximum atomic E-state index is 12.0. The van der Waals surface area contributed by atoms with Gasteiger partial charge >= 0.3 is 0 Å². The molecule has 0 aliphatic heterocycles. The van der Waals surface area contributed by atoms with Gasteiger partial charge in [0.2, 0.25) is 0 Å². The molecular weight excluding hydrogens is 274 g/mol. The molecule has 0 bridgehead atoms. The van der Waals surface area contributed by atoms with Crippen LogP contribution in [0.5, 0.6) is 0 Å². The van der Waals surface area contributed by atoms with E-state index in [0.717, 1.165) is 6.54 Å². The molecule has 20 heavy (non-hydrogen) atoms. The molecule has 2 rings (SSSR count). The third kappa shape index (κ3) is 5.68. The van der Waals surface area contributed by atoms with Crippen molar-refractivity contribution in [1.82, 2.24) is 14.3 Å². The van der Waals surface area contributed by atoms with Crippen LogP contribution in [0.15, 0.2) is 0 Å². The summed E-state index contributed by atoms with van der Waals surface area (Å²) in [5.74, 6) is 0.584. The third-order valence-electron chi connectivity index (χ3n) is 4.32. The summed E-state index contributed by atoms with van der Waals surface area (Å²) in [5.41, 5.74) is 0. The topological polar surface area (TPSA) is 61.4 Å². The predicted octanol–water partition coefficient (Wildman–Crippen LogP) is 1.47. The molecule has 0 radical (unpaired) electrons. The molecule has 2 N–H and O–H groups in total. The van der Waals surface area contributed by atoms with E-state index in [0.29, 0.717) is 25.0 Å². The lowest BCUT2D eigenvalue weighted by molar-refractivity contribution is 0.434. The summed E-state index contributed by atoms with van der Waals surface area (Å²) < 4.78 is 28.1. The van der Waals surface area contributed by atoms with Crippen molar-refractivity contribution in [2.24, 2.45) is 5.92 Å². The van der Waals surface area contributed by atoms with Crippen molar-refractivity contribution in [1.29, 1.82) is 0 Å². The van der Waals surface area contributed by atoms with E-state index in [-0.39, 0.29) is 0 Å². The third-order valence-corrected chi connectivity index (χ3v) is 5.86. The lowest BCUT2D eigenvalue weighted by Crippen LogP contribution is -2.43. The Morgan fingerprint density at radius 3 is 2.25 bits per heavy atom. The van der Waals surface area contributed by atoms with E-state index in [4.69, 9.17) is 0 Å². The van der Waals surface area contributed by atoms with E-state index in [2.05, 4.69) is 10.0 Å². The molecule has 5 nitrogen and oxygen atoms in total. The van der Waals surface area contributed by atoms with Gasteiger partial charge in [-0.15, -0.1) is 0 Å². The van der Waals surface area contributed by atoms with E-state index in [1.807, 2.05) is 0 Å². The normalized spacial score (nSPS) is 22.1. The number of nitrogens with zero attached hydrogens (tertiary/aromatic N) is 1. The van der Waals surface area contributed by atoms with Crippen LogP contribution >= 0.6 is 0 Å². The summed E-state index contributed by atoms with van der Waals surface area (Å²) in [6.07, 6.45) is 10.1. The van der Waals surface area contributed by atoms with Crippen LogP contribution in [0.25, 0.3) is 0 Å². The highest BCUT2D eigenvalue weighted by Gasteiger charge is 2.27. The quantitative estimate of drug-likeness (QED) is 0.527. The van der Waals surface area contributed by atoms with E-state index in [1.54, 1.807) is 7.05 Å². The minimum absolute atomic E-state index is 0.480. The van der Waals surface area contributed by atoms with Crippen molar-refractivity contribution in [3.05, 3.63) is 0 Å². The summed E-state index contributed by atoms with van der Waals surface area (Å²) in [7, 11) is -1.62. The Balaban J connectivity index is 1.61. The van der Waals surface area contributed by atoms with E-state index < -0.39 is 10.2 Å². The Kier molecular flexibility index (Phi) is 6.26. The van der Waals surface area contributed by atoms with Crippen LogP contribution in [0.1, 0.15) is 51.4 Å².